The zero-order chi connectivity index (χ0) is 25.8. The van der Waals surface area contributed by atoms with Crippen molar-refractivity contribution in [3.05, 3.63) is 54.1 Å². The van der Waals surface area contributed by atoms with Crippen LogP contribution in [0, 0.1) is 0 Å². The molecule has 0 bridgehead atoms. The van der Waals surface area contributed by atoms with Crippen molar-refractivity contribution in [1.29, 1.82) is 0 Å². The second-order valence-electron chi connectivity index (χ2n) is 10.2. The van der Waals surface area contributed by atoms with E-state index in [4.69, 9.17) is 0 Å². The Balaban J connectivity index is 1.45. The summed E-state index contributed by atoms with van der Waals surface area (Å²) < 4.78 is 0. The fraction of sp³-hybridized carbons (Fsp3) is 0.556. The number of hydrogen-bond acceptors (Lipinski definition) is 6. The van der Waals surface area contributed by atoms with Gasteiger partial charge in [0.25, 0.3) is 5.91 Å². The van der Waals surface area contributed by atoms with Crippen LogP contribution in [-0.4, -0.2) is 84.6 Å². The Morgan fingerprint density at radius 3 is 2.33 bits per heavy atom. The molecule has 9 nitrogen and oxygen atoms in total. The topological polar surface area (TPSA) is 93.7 Å². The molecule has 0 unspecified atom stereocenters. The lowest BCUT2D eigenvalue weighted by atomic mass is 9.69. The maximum atomic E-state index is 13.0. The van der Waals surface area contributed by atoms with Gasteiger partial charge in [-0.25, -0.2) is 14.8 Å². The zero-order valence-electron chi connectivity index (χ0n) is 22.0. The molecule has 1 spiro atoms. The van der Waals surface area contributed by atoms with Crippen LogP contribution in [-0.2, 0) is 5.54 Å². The van der Waals surface area contributed by atoms with Crippen LogP contribution in [0.15, 0.2) is 42.7 Å². The Kier molecular flexibility index (Phi) is 7.90. The SMILES string of the molecule is CCCN(CCNC)C(=O)c1ncc(N2CC3(CCC(c4ccccc4)(N(C)C)CC3)NC2=O)cn1. The number of rotatable bonds is 9. The number of amides is 3. The molecule has 4 rings (SSSR count). The van der Waals surface area contributed by atoms with Crippen LogP contribution in [0.2, 0.25) is 0 Å². The average Bonchev–Trinajstić information content (AvgIpc) is 3.22. The standard InChI is InChI=1S/C27H39N7O2/c1-5-16-33(17-15-28-2)24(35)23-29-18-22(19-30-23)34-20-26(31-25(34)36)11-13-27(14-12-26,32(3)4)21-9-7-6-8-10-21/h6-10,18-19,28H,5,11-17,20H2,1-4H3,(H,31,36). The molecule has 1 aromatic carbocycles. The number of urea groups is 1. The molecular formula is C27H39N7O2. The summed E-state index contributed by atoms with van der Waals surface area (Å²) in [7, 11) is 6.15. The van der Waals surface area contributed by atoms with E-state index in [1.165, 1.54) is 5.56 Å². The minimum absolute atomic E-state index is 0.0343. The average molecular weight is 494 g/mol. The van der Waals surface area contributed by atoms with Crippen LogP contribution in [0.1, 0.15) is 55.2 Å². The summed E-state index contributed by atoms with van der Waals surface area (Å²) in [4.78, 5) is 40.4. The normalized spacial score (nSPS) is 23.8. The first kappa shape index (κ1) is 26.0. The van der Waals surface area contributed by atoms with Gasteiger partial charge in [-0.05, 0) is 58.8 Å². The fourth-order valence-corrected chi connectivity index (χ4v) is 5.63. The molecule has 1 aliphatic carbocycles. The highest BCUT2D eigenvalue weighted by Crippen LogP contribution is 2.46. The van der Waals surface area contributed by atoms with Crippen molar-refractivity contribution in [2.75, 3.05) is 52.2 Å². The van der Waals surface area contributed by atoms with Gasteiger partial charge in [-0.3, -0.25) is 14.6 Å². The van der Waals surface area contributed by atoms with Gasteiger partial charge in [0.2, 0.25) is 5.82 Å². The number of carbonyl (C=O) groups excluding carboxylic acids is 2. The Morgan fingerprint density at radius 1 is 1.08 bits per heavy atom. The molecule has 3 amide bonds. The number of likely N-dealkylation sites (N-methyl/N-ethyl adjacent to an activating group) is 1. The fourth-order valence-electron chi connectivity index (χ4n) is 5.63. The van der Waals surface area contributed by atoms with Crippen molar-refractivity contribution >= 4 is 17.6 Å². The first-order valence-electron chi connectivity index (χ1n) is 12.9. The van der Waals surface area contributed by atoms with Crippen molar-refractivity contribution in [1.82, 2.24) is 30.4 Å². The van der Waals surface area contributed by atoms with E-state index < -0.39 is 0 Å². The van der Waals surface area contributed by atoms with Crippen LogP contribution >= 0.6 is 0 Å². The monoisotopic (exact) mass is 493 g/mol. The molecular weight excluding hydrogens is 454 g/mol. The molecule has 36 heavy (non-hydrogen) atoms. The van der Waals surface area contributed by atoms with Crippen molar-refractivity contribution < 1.29 is 9.59 Å². The molecule has 1 aromatic heterocycles. The highest BCUT2D eigenvalue weighted by Gasteiger charge is 2.50. The minimum atomic E-state index is -0.273. The zero-order valence-corrected chi connectivity index (χ0v) is 22.0. The second-order valence-corrected chi connectivity index (χ2v) is 10.2. The van der Waals surface area contributed by atoms with Crippen LogP contribution in [0.4, 0.5) is 10.5 Å². The molecule has 1 saturated heterocycles. The second kappa shape index (κ2) is 10.9. The van der Waals surface area contributed by atoms with Gasteiger partial charge in [0.05, 0.1) is 30.2 Å². The van der Waals surface area contributed by atoms with E-state index in [1.54, 1.807) is 22.2 Å². The summed E-state index contributed by atoms with van der Waals surface area (Å²) in [5.74, 6) is -0.0249. The predicted molar refractivity (Wildman–Crippen MR) is 141 cm³/mol. The summed E-state index contributed by atoms with van der Waals surface area (Å²) in [5.41, 5.74) is 1.63. The minimum Gasteiger partial charge on any atom is -0.335 e. The van der Waals surface area contributed by atoms with Gasteiger partial charge in [-0.15, -0.1) is 0 Å². The van der Waals surface area contributed by atoms with E-state index in [0.717, 1.165) is 32.1 Å². The number of nitrogens with zero attached hydrogens (tertiary/aromatic N) is 5. The Hall–Kier alpha value is -3.04. The molecule has 2 fully saturated rings. The smallest absolute Gasteiger partial charge is 0.322 e. The number of benzene rings is 1. The summed E-state index contributed by atoms with van der Waals surface area (Å²) >= 11 is 0. The first-order valence-corrected chi connectivity index (χ1v) is 12.9. The summed E-state index contributed by atoms with van der Waals surface area (Å²) in [6, 6.07) is 10.5. The molecule has 2 heterocycles. The van der Waals surface area contributed by atoms with Crippen LogP contribution in [0.3, 0.4) is 0 Å². The molecule has 1 aliphatic heterocycles. The van der Waals surface area contributed by atoms with E-state index in [0.29, 0.717) is 31.9 Å². The van der Waals surface area contributed by atoms with Gasteiger partial charge in [0.1, 0.15) is 0 Å². The lowest BCUT2D eigenvalue weighted by molar-refractivity contribution is 0.0657. The van der Waals surface area contributed by atoms with Gasteiger partial charge < -0.3 is 15.5 Å². The third-order valence-electron chi connectivity index (χ3n) is 7.83. The highest BCUT2D eigenvalue weighted by atomic mass is 16.2. The van der Waals surface area contributed by atoms with Gasteiger partial charge in [0.15, 0.2) is 0 Å². The molecule has 2 N–H and O–H groups in total. The first-order chi connectivity index (χ1) is 17.3. The molecule has 0 radical (unpaired) electrons. The molecule has 2 aliphatic rings. The highest BCUT2D eigenvalue weighted by molar-refractivity contribution is 5.95. The van der Waals surface area contributed by atoms with Gasteiger partial charge in [-0.2, -0.15) is 0 Å². The van der Waals surface area contributed by atoms with Crippen molar-refractivity contribution in [3.63, 3.8) is 0 Å². The Labute approximate surface area is 214 Å². The molecule has 9 heteroatoms. The summed E-state index contributed by atoms with van der Waals surface area (Å²) in [6.07, 6.45) is 7.75. The number of carbonyl (C=O) groups is 2. The third kappa shape index (κ3) is 5.08. The largest absolute Gasteiger partial charge is 0.335 e. The Morgan fingerprint density at radius 2 is 1.75 bits per heavy atom. The van der Waals surface area contributed by atoms with E-state index in [9.17, 15) is 9.59 Å². The van der Waals surface area contributed by atoms with E-state index in [2.05, 4.69) is 69.9 Å². The van der Waals surface area contributed by atoms with Gasteiger partial charge in [-0.1, -0.05) is 37.3 Å². The number of anilines is 1. The number of aromatic nitrogens is 2. The van der Waals surface area contributed by atoms with E-state index in [-0.39, 0.29) is 28.8 Å². The molecule has 0 atom stereocenters. The molecule has 1 saturated carbocycles. The Bertz CT molecular complexity index is 1030. The quantitative estimate of drug-likeness (QED) is 0.558. The van der Waals surface area contributed by atoms with Crippen molar-refractivity contribution in [2.45, 2.75) is 50.1 Å². The third-order valence-corrected chi connectivity index (χ3v) is 7.83. The maximum Gasteiger partial charge on any atom is 0.322 e. The van der Waals surface area contributed by atoms with Crippen LogP contribution in [0.25, 0.3) is 0 Å². The van der Waals surface area contributed by atoms with Gasteiger partial charge >= 0.3 is 6.03 Å². The lowest BCUT2D eigenvalue weighted by Gasteiger charge is -2.48. The number of hydrogen-bond donors (Lipinski definition) is 2. The molecule has 194 valence electrons. The van der Waals surface area contributed by atoms with E-state index in [1.807, 2.05) is 14.0 Å². The van der Waals surface area contributed by atoms with Crippen LogP contribution < -0.4 is 15.5 Å². The van der Waals surface area contributed by atoms with Crippen molar-refractivity contribution in [2.24, 2.45) is 0 Å². The maximum absolute atomic E-state index is 13.0. The summed E-state index contributed by atoms with van der Waals surface area (Å²) in [5, 5.41) is 6.35. The van der Waals surface area contributed by atoms with Crippen molar-refractivity contribution in [3.8, 4) is 0 Å². The number of nitrogens with one attached hydrogen (secondary N) is 2. The van der Waals surface area contributed by atoms with Crippen LogP contribution in [0.5, 0.6) is 0 Å². The summed E-state index contributed by atoms with van der Waals surface area (Å²) in [6.45, 7) is 4.58. The lowest BCUT2D eigenvalue weighted by Crippen LogP contribution is -2.54. The molecule has 2 aromatic rings. The van der Waals surface area contributed by atoms with Gasteiger partial charge in [0, 0.05) is 25.2 Å². The van der Waals surface area contributed by atoms with E-state index >= 15 is 0 Å². The predicted octanol–water partition coefficient (Wildman–Crippen LogP) is 2.85.